The van der Waals surface area contributed by atoms with Crippen LogP contribution in [0.5, 0.6) is 0 Å². The van der Waals surface area contributed by atoms with Crippen LogP contribution in [0, 0.1) is 0 Å². The van der Waals surface area contributed by atoms with E-state index in [1.54, 1.807) is 6.92 Å². The largest absolute Gasteiger partial charge is 0.394 e. The topological polar surface area (TPSA) is 93.0 Å². The van der Waals surface area contributed by atoms with Gasteiger partial charge in [0.05, 0.1) is 31.0 Å². The molecule has 1 fully saturated rings. The van der Waals surface area contributed by atoms with E-state index in [9.17, 15) is 15.3 Å². The first kappa shape index (κ1) is 9.88. The third-order valence-corrected chi connectivity index (χ3v) is 2.29. The highest BCUT2D eigenvalue weighted by Crippen LogP contribution is 2.16. The molecule has 0 saturated carbocycles. The van der Waals surface area contributed by atoms with Crippen molar-refractivity contribution in [3.8, 4) is 0 Å². The normalized spacial score (nSPS) is 44.8. The quantitative estimate of drug-likeness (QED) is 0.319. The number of hydrogen-bond acceptors (Lipinski definition) is 5. The smallest absolute Gasteiger partial charge is 0.0993 e. The van der Waals surface area contributed by atoms with Gasteiger partial charge < -0.3 is 25.7 Å². The molecule has 1 saturated heterocycles. The second-order valence-electron chi connectivity index (χ2n) is 3.21. The van der Waals surface area contributed by atoms with Crippen molar-refractivity contribution >= 4 is 0 Å². The average molecular weight is 177 g/mol. The minimum Gasteiger partial charge on any atom is -0.394 e. The van der Waals surface area contributed by atoms with Crippen LogP contribution in [0.3, 0.4) is 0 Å². The molecule has 5 heteroatoms. The molecule has 12 heavy (non-hydrogen) atoms. The summed E-state index contributed by atoms with van der Waals surface area (Å²) in [6.45, 7) is 1.28. The number of rotatable bonds is 2. The van der Waals surface area contributed by atoms with Crippen molar-refractivity contribution < 1.29 is 20.4 Å². The van der Waals surface area contributed by atoms with Gasteiger partial charge in [-0.15, -0.1) is 0 Å². The van der Waals surface area contributed by atoms with Crippen LogP contribution in [-0.4, -0.2) is 57.4 Å². The minimum absolute atomic E-state index is 0.258. The van der Waals surface area contributed by atoms with E-state index in [0.29, 0.717) is 0 Å². The average Bonchev–Trinajstić information content (AvgIpc) is 2.32. The summed E-state index contributed by atoms with van der Waals surface area (Å²) in [5.74, 6) is 0. The first-order valence-corrected chi connectivity index (χ1v) is 3.99. The lowest BCUT2D eigenvalue weighted by atomic mass is 10.0. The van der Waals surface area contributed by atoms with Gasteiger partial charge in [-0.05, 0) is 6.92 Å². The van der Waals surface area contributed by atoms with Crippen molar-refractivity contribution in [2.75, 3.05) is 6.61 Å². The monoisotopic (exact) mass is 177 g/mol. The fourth-order valence-electron chi connectivity index (χ4n) is 1.46. The van der Waals surface area contributed by atoms with Crippen LogP contribution in [0.25, 0.3) is 0 Å². The van der Waals surface area contributed by atoms with Crippen LogP contribution >= 0.6 is 0 Å². The number of aliphatic hydroxyl groups is 4. The Bertz CT molecular complexity index is 154. The summed E-state index contributed by atoms with van der Waals surface area (Å²) in [6.07, 6.45) is -2.92. The lowest BCUT2D eigenvalue weighted by Gasteiger charge is -2.19. The van der Waals surface area contributed by atoms with Crippen LogP contribution in [0.15, 0.2) is 0 Å². The van der Waals surface area contributed by atoms with E-state index >= 15 is 0 Å². The first-order valence-electron chi connectivity index (χ1n) is 3.99. The van der Waals surface area contributed by atoms with Gasteiger partial charge in [0.15, 0.2) is 0 Å². The highest BCUT2D eigenvalue weighted by Gasteiger charge is 2.41. The molecule has 0 amide bonds. The zero-order chi connectivity index (χ0) is 9.30. The fourth-order valence-corrected chi connectivity index (χ4v) is 1.46. The molecule has 72 valence electrons. The molecule has 1 aliphatic rings. The van der Waals surface area contributed by atoms with Crippen molar-refractivity contribution in [3.05, 3.63) is 0 Å². The van der Waals surface area contributed by atoms with Gasteiger partial charge in [-0.2, -0.15) is 0 Å². The summed E-state index contributed by atoms with van der Waals surface area (Å²) < 4.78 is 0. The van der Waals surface area contributed by atoms with E-state index in [-0.39, 0.29) is 6.04 Å². The van der Waals surface area contributed by atoms with Gasteiger partial charge in [0, 0.05) is 6.04 Å². The van der Waals surface area contributed by atoms with Gasteiger partial charge in [0.2, 0.25) is 0 Å². The standard InChI is InChI=1S/C7H15NO4/c1-3-6(11)7(12)5(8-3)4(10)2-9/h3-12H,2H2,1H3/t3-,4+,5-,6+,7-/m0/s1. The molecule has 0 spiro atoms. The van der Waals surface area contributed by atoms with Gasteiger partial charge in [0.25, 0.3) is 0 Å². The van der Waals surface area contributed by atoms with Crippen molar-refractivity contribution in [1.82, 2.24) is 5.32 Å². The van der Waals surface area contributed by atoms with Crippen LogP contribution in [0.1, 0.15) is 6.92 Å². The van der Waals surface area contributed by atoms with Crippen LogP contribution in [-0.2, 0) is 0 Å². The highest BCUT2D eigenvalue weighted by atomic mass is 16.3. The second kappa shape index (κ2) is 3.68. The summed E-state index contributed by atoms with van der Waals surface area (Å²) >= 11 is 0. The van der Waals surface area contributed by atoms with Gasteiger partial charge >= 0.3 is 0 Å². The molecule has 1 aliphatic heterocycles. The molecule has 5 atom stereocenters. The van der Waals surface area contributed by atoms with E-state index in [1.807, 2.05) is 0 Å². The summed E-state index contributed by atoms with van der Waals surface area (Å²) in [6, 6.07) is -0.897. The van der Waals surface area contributed by atoms with Crippen molar-refractivity contribution in [3.63, 3.8) is 0 Å². The third-order valence-electron chi connectivity index (χ3n) is 2.29. The maximum absolute atomic E-state index is 9.35. The Labute approximate surface area is 70.6 Å². The third kappa shape index (κ3) is 1.60. The zero-order valence-electron chi connectivity index (χ0n) is 6.88. The minimum atomic E-state index is -1.03. The Morgan fingerprint density at radius 2 is 1.92 bits per heavy atom. The molecule has 0 radical (unpaired) electrons. The molecule has 1 rings (SSSR count). The van der Waals surface area contributed by atoms with E-state index in [4.69, 9.17) is 5.11 Å². The Balaban J connectivity index is 2.58. The van der Waals surface area contributed by atoms with E-state index < -0.39 is 31.0 Å². The van der Waals surface area contributed by atoms with E-state index in [2.05, 4.69) is 5.32 Å². The predicted molar refractivity (Wildman–Crippen MR) is 41.5 cm³/mol. The Hall–Kier alpha value is -0.200. The fraction of sp³-hybridized carbons (Fsp3) is 1.00. The number of aliphatic hydroxyl groups excluding tert-OH is 4. The Kier molecular flexibility index (Phi) is 3.03. The lowest BCUT2D eigenvalue weighted by Crippen LogP contribution is -2.45. The van der Waals surface area contributed by atoms with Gasteiger partial charge in [-0.3, -0.25) is 0 Å². The highest BCUT2D eigenvalue weighted by molar-refractivity contribution is 4.99. The van der Waals surface area contributed by atoms with Crippen LogP contribution in [0.2, 0.25) is 0 Å². The molecule has 0 aromatic carbocycles. The van der Waals surface area contributed by atoms with Gasteiger partial charge in [0.1, 0.15) is 0 Å². The van der Waals surface area contributed by atoms with Crippen molar-refractivity contribution in [2.24, 2.45) is 0 Å². The molecule has 0 unspecified atom stereocenters. The molecular weight excluding hydrogens is 162 g/mol. The van der Waals surface area contributed by atoms with Gasteiger partial charge in [-0.25, -0.2) is 0 Å². The van der Waals surface area contributed by atoms with Crippen molar-refractivity contribution in [1.29, 1.82) is 0 Å². The van der Waals surface area contributed by atoms with E-state index in [1.165, 1.54) is 0 Å². The number of nitrogens with one attached hydrogen (secondary N) is 1. The molecule has 0 aromatic heterocycles. The zero-order valence-corrected chi connectivity index (χ0v) is 6.88. The summed E-state index contributed by atoms with van der Waals surface area (Å²) in [4.78, 5) is 0. The van der Waals surface area contributed by atoms with Crippen LogP contribution in [0.4, 0.5) is 0 Å². The Morgan fingerprint density at radius 1 is 1.33 bits per heavy atom. The van der Waals surface area contributed by atoms with Gasteiger partial charge in [-0.1, -0.05) is 0 Å². The van der Waals surface area contributed by atoms with Crippen molar-refractivity contribution in [2.45, 2.75) is 37.3 Å². The Morgan fingerprint density at radius 3 is 2.25 bits per heavy atom. The molecule has 1 heterocycles. The molecule has 0 aromatic rings. The molecule has 5 nitrogen and oxygen atoms in total. The predicted octanol–water partition coefficient (Wildman–Crippen LogP) is -2.58. The summed E-state index contributed by atoms with van der Waals surface area (Å²) in [5.41, 5.74) is 0. The maximum atomic E-state index is 9.35. The summed E-state index contributed by atoms with van der Waals surface area (Å²) in [7, 11) is 0. The molecular formula is C7H15NO4. The molecule has 0 bridgehead atoms. The van der Waals surface area contributed by atoms with Crippen LogP contribution < -0.4 is 5.32 Å². The maximum Gasteiger partial charge on any atom is 0.0993 e. The lowest BCUT2D eigenvalue weighted by molar-refractivity contribution is -0.0123. The number of hydrogen-bond donors (Lipinski definition) is 5. The first-order chi connectivity index (χ1) is 5.57. The summed E-state index contributed by atoms with van der Waals surface area (Å²) in [5, 5.41) is 39.2. The van der Waals surface area contributed by atoms with E-state index in [0.717, 1.165) is 0 Å². The second-order valence-corrected chi connectivity index (χ2v) is 3.21. The molecule has 0 aliphatic carbocycles. The SMILES string of the molecule is C[C@@H]1N[C@@H]([C@H](O)CO)[C@H](O)[C@@H]1O. The molecule has 5 N–H and O–H groups in total.